The lowest BCUT2D eigenvalue weighted by Crippen LogP contribution is -2.50. The lowest BCUT2D eigenvalue weighted by molar-refractivity contribution is -0.118. The summed E-state index contributed by atoms with van der Waals surface area (Å²) in [4.78, 5) is 51.0. The maximum Gasteiger partial charge on any atom is 0.328 e. The van der Waals surface area contributed by atoms with Gasteiger partial charge in [0.1, 0.15) is 5.75 Å². The number of urea groups is 1. The van der Waals surface area contributed by atoms with E-state index in [0.29, 0.717) is 22.7 Å². The van der Waals surface area contributed by atoms with Gasteiger partial charge < -0.3 is 20.7 Å². The van der Waals surface area contributed by atoms with Crippen LogP contribution in [0.1, 0.15) is 48.7 Å². The average Bonchev–Trinajstić information content (AvgIpc) is 3.11. The summed E-state index contributed by atoms with van der Waals surface area (Å²) in [5.41, 5.74) is 2.78. The molecule has 2 aliphatic heterocycles. The van der Waals surface area contributed by atoms with Crippen LogP contribution in [0, 0.1) is 0 Å². The molecule has 0 unspecified atom stereocenters. The van der Waals surface area contributed by atoms with Crippen LogP contribution in [0.25, 0.3) is 0 Å². The average molecular weight is 450 g/mol. The molecule has 2 heterocycles. The van der Waals surface area contributed by atoms with Crippen LogP contribution in [0.4, 0.5) is 21.9 Å². The molecule has 172 valence electrons. The molecular weight excluding hydrogens is 424 g/mol. The zero-order chi connectivity index (χ0) is 23.9. The quantitative estimate of drug-likeness (QED) is 0.661. The molecule has 1 fully saturated rings. The Morgan fingerprint density at radius 2 is 1.88 bits per heavy atom. The molecule has 4 rings (SSSR count). The zero-order valence-electron chi connectivity index (χ0n) is 19.0. The third-order valence-corrected chi connectivity index (χ3v) is 5.64. The molecule has 0 bridgehead atoms. The number of amides is 5. The van der Waals surface area contributed by atoms with Crippen LogP contribution in [0.3, 0.4) is 0 Å². The summed E-state index contributed by atoms with van der Waals surface area (Å²) in [6.45, 7) is 6.15. The number of nitrogens with one attached hydrogen (secondary N) is 3. The molecule has 2 aromatic carbocycles. The van der Waals surface area contributed by atoms with Gasteiger partial charge in [0.2, 0.25) is 11.8 Å². The lowest BCUT2D eigenvalue weighted by atomic mass is 9.84. The zero-order valence-corrected chi connectivity index (χ0v) is 19.0. The Bertz CT molecular complexity index is 1170. The highest BCUT2D eigenvalue weighted by atomic mass is 16.5. The number of fused-ring (bicyclic) bond motifs is 1. The van der Waals surface area contributed by atoms with Gasteiger partial charge in [-0.3, -0.25) is 14.4 Å². The van der Waals surface area contributed by atoms with Gasteiger partial charge in [-0.05, 0) is 41.3 Å². The van der Waals surface area contributed by atoms with E-state index >= 15 is 0 Å². The Kier molecular flexibility index (Phi) is 5.57. The van der Waals surface area contributed by atoms with Gasteiger partial charge in [0.25, 0.3) is 5.91 Å². The summed E-state index contributed by atoms with van der Waals surface area (Å²) < 4.78 is 5.63. The predicted octanol–water partition coefficient (Wildman–Crippen LogP) is 3.19. The number of methoxy groups -OCH3 is 1. The van der Waals surface area contributed by atoms with Crippen molar-refractivity contribution in [3.63, 3.8) is 0 Å². The maximum atomic E-state index is 13.4. The highest BCUT2D eigenvalue weighted by Gasteiger charge is 2.32. The number of nitrogens with zero attached hydrogens (tertiary/aromatic N) is 1. The van der Waals surface area contributed by atoms with E-state index in [2.05, 4.69) is 16.0 Å². The van der Waals surface area contributed by atoms with Crippen molar-refractivity contribution in [2.75, 3.05) is 29.2 Å². The number of hydrogen-bond donors (Lipinski definition) is 3. The number of anilines is 3. The van der Waals surface area contributed by atoms with Crippen LogP contribution in [0.5, 0.6) is 5.75 Å². The molecule has 9 nitrogen and oxygen atoms in total. The standard InChI is InChI=1S/C24H26N4O5/c1-24(2,3)17-12-15(28-20(30)7-8-25-23(28)32)11-16(21(17)33-4)22(31)26-14-5-6-18-13(9-14)10-19(29)27-18/h5-6,9,11-12H,7-8,10H2,1-4H3,(H,25,32)(H,26,31)(H,27,29). The highest BCUT2D eigenvalue weighted by Crippen LogP contribution is 2.39. The molecule has 0 spiro atoms. The number of hydrogen-bond acceptors (Lipinski definition) is 5. The molecule has 0 atom stereocenters. The smallest absolute Gasteiger partial charge is 0.328 e. The fourth-order valence-electron chi connectivity index (χ4n) is 4.04. The first kappa shape index (κ1) is 22.3. The number of carbonyl (C=O) groups is 4. The molecule has 0 saturated carbocycles. The second-order valence-electron chi connectivity index (χ2n) is 9.09. The maximum absolute atomic E-state index is 13.4. The van der Waals surface area contributed by atoms with E-state index in [9.17, 15) is 19.2 Å². The van der Waals surface area contributed by atoms with Crippen LogP contribution in [-0.2, 0) is 21.4 Å². The summed E-state index contributed by atoms with van der Waals surface area (Å²) in [6.07, 6.45) is 0.421. The molecule has 2 aliphatic rings. The van der Waals surface area contributed by atoms with Gasteiger partial charge in [0, 0.05) is 29.9 Å². The molecule has 3 N–H and O–H groups in total. The molecule has 2 aromatic rings. The SMILES string of the molecule is COc1c(C(=O)Nc2ccc3c(c2)CC(=O)N3)cc(N2C(=O)CCNC2=O)cc1C(C)(C)C. The molecule has 0 aromatic heterocycles. The predicted molar refractivity (Wildman–Crippen MR) is 124 cm³/mol. The normalized spacial score (nSPS) is 15.6. The van der Waals surface area contributed by atoms with Crippen LogP contribution in [0.15, 0.2) is 30.3 Å². The van der Waals surface area contributed by atoms with Gasteiger partial charge in [-0.1, -0.05) is 20.8 Å². The number of imide groups is 1. The largest absolute Gasteiger partial charge is 0.496 e. The van der Waals surface area contributed by atoms with Gasteiger partial charge in [0.15, 0.2) is 0 Å². The van der Waals surface area contributed by atoms with Crippen molar-refractivity contribution in [3.8, 4) is 5.75 Å². The van der Waals surface area contributed by atoms with Gasteiger partial charge in [-0.2, -0.15) is 0 Å². The second-order valence-corrected chi connectivity index (χ2v) is 9.09. The van der Waals surface area contributed by atoms with Crippen molar-refractivity contribution in [3.05, 3.63) is 47.0 Å². The Hall–Kier alpha value is -3.88. The summed E-state index contributed by atoms with van der Waals surface area (Å²) in [7, 11) is 1.48. The third kappa shape index (κ3) is 4.26. The number of carbonyl (C=O) groups excluding carboxylic acids is 4. The molecule has 0 radical (unpaired) electrons. The Balaban J connectivity index is 1.77. The van der Waals surface area contributed by atoms with Crippen LogP contribution in [-0.4, -0.2) is 37.4 Å². The number of ether oxygens (including phenoxy) is 1. The van der Waals surface area contributed by atoms with Crippen molar-refractivity contribution in [1.29, 1.82) is 0 Å². The van der Waals surface area contributed by atoms with E-state index in [1.807, 2.05) is 20.8 Å². The lowest BCUT2D eigenvalue weighted by Gasteiger charge is -2.30. The fourth-order valence-corrected chi connectivity index (χ4v) is 4.04. The van der Waals surface area contributed by atoms with E-state index < -0.39 is 17.4 Å². The highest BCUT2D eigenvalue weighted by molar-refractivity contribution is 6.17. The van der Waals surface area contributed by atoms with E-state index in [4.69, 9.17) is 4.74 Å². The van der Waals surface area contributed by atoms with Crippen molar-refractivity contribution < 1.29 is 23.9 Å². The first-order chi connectivity index (χ1) is 15.6. The first-order valence-corrected chi connectivity index (χ1v) is 10.7. The molecular formula is C24H26N4O5. The summed E-state index contributed by atoms with van der Waals surface area (Å²) in [5, 5.41) is 8.27. The Morgan fingerprint density at radius 3 is 2.55 bits per heavy atom. The third-order valence-electron chi connectivity index (χ3n) is 5.64. The molecule has 9 heteroatoms. The molecule has 5 amide bonds. The van der Waals surface area contributed by atoms with E-state index in [1.165, 1.54) is 13.2 Å². The topological polar surface area (TPSA) is 117 Å². The number of benzene rings is 2. The van der Waals surface area contributed by atoms with Gasteiger partial charge >= 0.3 is 6.03 Å². The molecule has 33 heavy (non-hydrogen) atoms. The van der Waals surface area contributed by atoms with Crippen molar-refractivity contribution in [1.82, 2.24) is 5.32 Å². The molecule has 1 saturated heterocycles. The first-order valence-electron chi connectivity index (χ1n) is 10.7. The van der Waals surface area contributed by atoms with Crippen LogP contribution >= 0.6 is 0 Å². The summed E-state index contributed by atoms with van der Waals surface area (Å²) in [6, 6.07) is 7.85. The summed E-state index contributed by atoms with van der Waals surface area (Å²) in [5.74, 6) is -0.527. The van der Waals surface area contributed by atoms with Crippen LogP contribution < -0.4 is 25.6 Å². The van der Waals surface area contributed by atoms with Crippen LogP contribution in [0.2, 0.25) is 0 Å². The van der Waals surface area contributed by atoms with E-state index in [1.54, 1.807) is 24.3 Å². The number of rotatable bonds is 4. The minimum absolute atomic E-state index is 0.0952. The van der Waals surface area contributed by atoms with Gasteiger partial charge in [-0.25, -0.2) is 9.69 Å². The monoisotopic (exact) mass is 450 g/mol. The van der Waals surface area contributed by atoms with E-state index in [0.717, 1.165) is 16.2 Å². The van der Waals surface area contributed by atoms with Crippen molar-refractivity contribution >= 4 is 40.8 Å². The minimum Gasteiger partial charge on any atom is -0.496 e. The van der Waals surface area contributed by atoms with Gasteiger partial charge in [0.05, 0.1) is 24.8 Å². The van der Waals surface area contributed by atoms with Crippen molar-refractivity contribution in [2.24, 2.45) is 0 Å². The minimum atomic E-state index is -0.529. The Morgan fingerprint density at radius 1 is 1.12 bits per heavy atom. The second kappa shape index (κ2) is 8.23. The summed E-state index contributed by atoms with van der Waals surface area (Å²) >= 11 is 0. The fraction of sp³-hybridized carbons (Fsp3) is 0.333. The van der Waals surface area contributed by atoms with Crippen molar-refractivity contribution in [2.45, 2.75) is 39.0 Å². The van der Waals surface area contributed by atoms with E-state index in [-0.39, 0.29) is 36.8 Å². The Labute approximate surface area is 191 Å². The molecule has 0 aliphatic carbocycles. The van der Waals surface area contributed by atoms with Gasteiger partial charge in [-0.15, -0.1) is 0 Å².